The van der Waals surface area contributed by atoms with Gasteiger partial charge in [-0.2, -0.15) is 0 Å². The smallest absolute Gasteiger partial charge is 0.152 e. The van der Waals surface area contributed by atoms with Gasteiger partial charge >= 0.3 is 0 Å². The van der Waals surface area contributed by atoms with Gasteiger partial charge in [0.2, 0.25) is 0 Å². The Morgan fingerprint density at radius 1 is 1.50 bits per heavy atom. The molecule has 2 N–H and O–H groups in total. The summed E-state index contributed by atoms with van der Waals surface area (Å²) >= 11 is 0. The van der Waals surface area contributed by atoms with Crippen molar-refractivity contribution >= 4 is 5.78 Å². The zero-order valence-electron chi connectivity index (χ0n) is 7.88. The number of nitrogens with two attached hydrogens (primary N) is 1. The second kappa shape index (κ2) is 4.61. The van der Waals surface area contributed by atoms with Gasteiger partial charge in [-0.3, -0.25) is 4.79 Å². The molecule has 1 fully saturated rings. The van der Waals surface area contributed by atoms with Crippen LogP contribution in [0, 0.1) is 5.92 Å². The van der Waals surface area contributed by atoms with E-state index in [4.69, 9.17) is 5.73 Å². The first kappa shape index (κ1) is 9.72. The van der Waals surface area contributed by atoms with Crippen molar-refractivity contribution in [2.75, 3.05) is 0 Å². The number of hydrogen-bond donors (Lipinski definition) is 1. The third kappa shape index (κ3) is 2.94. The number of carbonyl (C=O) groups excluding carboxylic acids is 1. The average Bonchev–Trinajstić information content (AvgIpc) is 2.86. The van der Waals surface area contributed by atoms with E-state index in [9.17, 15) is 4.79 Å². The highest BCUT2D eigenvalue weighted by Crippen LogP contribution is 2.31. The molecule has 0 amide bonds. The first-order chi connectivity index (χ1) is 5.75. The molecule has 0 aromatic rings. The normalized spacial score (nSPS) is 19.2. The topological polar surface area (TPSA) is 43.1 Å². The minimum Gasteiger partial charge on any atom is -0.321 e. The molecule has 0 bridgehead atoms. The summed E-state index contributed by atoms with van der Waals surface area (Å²) in [6.45, 7) is 2.16. The van der Waals surface area contributed by atoms with E-state index in [1.54, 1.807) is 0 Å². The predicted octanol–water partition coefficient (Wildman–Crippen LogP) is 1.87. The summed E-state index contributed by atoms with van der Waals surface area (Å²) in [4.78, 5) is 11.4. The fourth-order valence-corrected chi connectivity index (χ4v) is 1.43. The van der Waals surface area contributed by atoms with E-state index >= 15 is 0 Å². The minimum absolute atomic E-state index is 0.163. The Morgan fingerprint density at radius 2 is 2.17 bits per heavy atom. The molecule has 0 aromatic carbocycles. The summed E-state index contributed by atoms with van der Waals surface area (Å²) in [5.74, 6) is 0.646. The van der Waals surface area contributed by atoms with E-state index in [0.29, 0.717) is 11.7 Å². The molecule has 1 aliphatic carbocycles. The number of ketones is 1. The molecule has 70 valence electrons. The maximum Gasteiger partial charge on any atom is 0.152 e. The van der Waals surface area contributed by atoms with Gasteiger partial charge in [-0.25, -0.2) is 0 Å². The molecule has 0 aliphatic heterocycles. The molecule has 0 heterocycles. The summed E-state index contributed by atoms with van der Waals surface area (Å²) in [6, 6.07) is -0.163. The quantitative estimate of drug-likeness (QED) is 0.617. The predicted molar refractivity (Wildman–Crippen MR) is 49.8 cm³/mol. The van der Waals surface area contributed by atoms with Gasteiger partial charge < -0.3 is 5.73 Å². The van der Waals surface area contributed by atoms with Gasteiger partial charge in [0, 0.05) is 5.92 Å². The fraction of sp³-hybridized carbons (Fsp3) is 0.900. The maximum absolute atomic E-state index is 11.4. The Hall–Kier alpha value is -0.370. The van der Waals surface area contributed by atoms with Crippen LogP contribution in [0.2, 0.25) is 0 Å². The molecule has 0 radical (unpaired) electrons. The molecule has 0 aromatic heterocycles. The van der Waals surface area contributed by atoms with Gasteiger partial charge in [0.1, 0.15) is 0 Å². The Balaban J connectivity index is 2.09. The summed E-state index contributed by atoms with van der Waals surface area (Å²) in [5.41, 5.74) is 5.75. The third-order valence-electron chi connectivity index (χ3n) is 2.46. The van der Waals surface area contributed by atoms with Crippen molar-refractivity contribution in [1.82, 2.24) is 0 Å². The number of hydrogen-bond acceptors (Lipinski definition) is 2. The van der Waals surface area contributed by atoms with Crippen molar-refractivity contribution in [2.45, 2.75) is 51.5 Å². The van der Waals surface area contributed by atoms with Gasteiger partial charge in [-0.05, 0) is 19.3 Å². The van der Waals surface area contributed by atoms with Crippen molar-refractivity contribution < 1.29 is 4.79 Å². The second-order valence-electron chi connectivity index (χ2n) is 3.78. The van der Waals surface area contributed by atoms with Crippen LogP contribution >= 0.6 is 0 Å². The molecular weight excluding hydrogens is 150 g/mol. The lowest BCUT2D eigenvalue weighted by Gasteiger charge is -2.08. The lowest BCUT2D eigenvalue weighted by molar-refractivity contribution is -0.121. The molecule has 12 heavy (non-hydrogen) atoms. The van der Waals surface area contributed by atoms with Crippen LogP contribution in [0.4, 0.5) is 0 Å². The van der Waals surface area contributed by atoms with Crippen molar-refractivity contribution in [3.8, 4) is 0 Å². The summed E-state index contributed by atoms with van der Waals surface area (Å²) < 4.78 is 0. The summed E-state index contributed by atoms with van der Waals surface area (Å²) in [5, 5.41) is 0. The standard InChI is InChI=1S/C10H19NO/c1-2-3-4-5-9(11)10(12)8-6-7-8/h8-9H,2-7,11H2,1H3. The van der Waals surface area contributed by atoms with Crippen LogP contribution in [0.5, 0.6) is 0 Å². The van der Waals surface area contributed by atoms with Crippen LogP contribution in [0.15, 0.2) is 0 Å². The van der Waals surface area contributed by atoms with Crippen LogP contribution in [-0.2, 0) is 4.79 Å². The van der Waals surface area contributed by atoms with Crippen molar-refractivity contribution in [3.05, 3.63) is 0 Å². The van der Waals surface area contributed by atoms with Crippen LogP contribution in [0.1, 0.15) is 45.4 Å². The van der Waals surface area contributed by atoms with Crippen molar-refractivity contribution in [3.63, 3.8) is 0 Å². The zero-order valence-corrected chi connectivity index (χ0v) is 7.88. The number of rotatable bonds is 6. The minimum atomic E-state index is -0.163. The Kier molecular flexibility index (Phi) is 3.73. The van der Waals surface area contributed by atoms with Gasteiger partial charge in [0.25, 0.3) is 0 Å². The molecule has 2 nitrogen and oxygen atoms in total. The van der Waals surface area contributed by atoms with Crippen LogP contribution in [0.25, 0.3) is 0 Å². The molecule has 1 rings (SSSR count). The molecular formula is C10H19NO. The second-order valence-corrected chi connectivity index (χ2v) is 3.78. The summed E-state index contributed by atoms with van der Waals surface area (Å²) in [6.07, 6.45) is 6.57. The van der Waals surface area contributed by atoms with E-state index in [1.807, 2.05) is 0 Å². The first-order valence-electron chi connectivity index (χ1n) is 5.05. The lowest BCUT2D eigenvalue weighted by atomic mass is 10.0. The zero-order chi connectivity index (χ0) is 8.97. The Labute approximate surface area is 74.5 Å². The average molecular weight is 169 g/mol. The van der Waals surface area contributed by atoms with Crippen molar-refractivity contribution in [1.29, 1.82) is 0 Å². The van der Waals surface area contributed by atoms with Crippen LogP contribution < -0.4 is 5.73 Å². The van der Waals surface area contributed by atoms with Crippen LogP contribution in [-0.4, -0.2) is 11.8 Å². The molecule has 0 spiro atoms. The van der Waals surface area contributed by atoms with E-state index in [-0.39, 0.29) is 6.04 Å². The van der Waals surface area contributed by atoms with Gasteiger partial charge in [-0.1, -0.05) is 26.2 Å². The van der Waals surface area contributed by atoms with E-state index < -0.39 is 0 Å². The monoisotopic (exact) mass is 169 g/mol. The maximum atomic E-state index is 11.4. The fourth-order valence-electron chi connectivity index (χ4n) is 1.43. The first-order valence-corrected chi connectivity index (χ1v) is 5.05. The third-order valence-corrected chi connectivity index (χ3v) is 2.46. The molecule has 1 atom stereocenters. The van der Waals surface area contributed by atoms with Crippen LogP contribution in [0.3, 0.4) is 0 Å². The number of carbonyl (C=O) groups is 1. The lowest BCUT2D eigenvalue weighted by Crippen LogP contribution is -2.31. The Bertz CT molecular complexity index is 152. The SMILES string of the molecule is CCCCCC(N)C(=O)C1CC1. The molecule has 0 saturated heterocycles. The molecule has 1 unspecified atom stereocenters. The largest absolute Gasteiger partial charge is 0.321 e. The highest BCUT2D eigenvalue weighted by molar-refractivity contribution is 5.87. The van der Waals surface area contributed by atoms with Crippen molar-refractivity contribution in [2.24, 2.45) is 11.7 Å². The molecule has 1 aliphatic rings. The van der Waals surface area contributed by atoms with Gasteiger partial charge in [0.05, 0.1) is 6.04 Å². The number of Topliss-reactive ketones (excluding diaryl/α,β-unsaturated/α-hetero) is 1. The van der Waals surface area contributed by atoms with E-state index in [2.05, 4.69) is 6.92 Å². The van der Waals surface area contributed by atoms with E-state index in [1.165, 1.54) is 12.8 Å². The van der Waals surface area contributed by atoms with Gasteiger partial charge in [0.15, 0.2) is 5.78 Å². The number of unbranched alkanes of at least 4 members (excludes halogenated alkanes) is 2. The highest BCUT2D eigenvalue weighted by Gasteiger charge is 2.32. The van der Waals surface area contributed by atoms with Gasteiger partial charge in [-0.15, -0.1) is 0 Å². The highest BCUT2D eigenvalue weighted by atomic mass is 16.1. The Morgan fingerprint density at radius 3 is 2.67 bits per heavy atom. The van der Waals surface area contributed by atoms with E-state index in [0.717, 1.165) is 25.7 Å². The summed E-state index contributed by atoms with van der Waals surface area (Å²) in [7, 11) is 0. The molecule has 2 heteroatoms. The molecule has 1 saturated carbocycles.